The molecule has 3 heteroatoms. The fraction of sp³-hybridized carbons (Fsp3) is 0.400. The molecule has 0 unspecified atom stereocenters. The predicted molar refractivity (Wildman–Crippen MR) is 96.5 cm³/mol. The van der Waals surface area contributed by atoms with Gasteiger partial charge < -0.3 is 14.8 Å². The molecule has 0 aliphatic heterocycles. The van der Waals surface area contributed by atoms with Crippen LogP contribution in [0.1, 0.15) is 38.8 Å². The summed E-state index contributed by atoms with van der Waals surface area (Å²) in [7, 11) is 0. The van der Waals surface area contributed by atoms with Gasteiger partial charge in [0.15, 0.2) is 11.5 Å². The fourth-order valence-corrected chi connectivity index (χ4v) is 2.34. The quantitative estimate of drug-likeness (QED) is 0.764. The number of rotatable bonds is 7. The van der Waals surface area contributed by atoms with Gasteiger partial charge in [-0.2, -0.15) is 0 Å². The first-order chi connectivity index (χ1) is 10.9. The lowest BCUT2D eigenvalue weighted by atomic mass is 10.1. The lowest BCUT2D eigenvalue weighted by molar-refractivity contribution is 0.199. The van der Waals surface area contributed by atoms with E-state index in [0.717, 1.165) is 23.7 Å². The highest BCUT2D eigenvalue weighted by Crippen LogP contribution is 2.32. The Morgan fingerprint density at radius 2 is 1.57 bits per heavy atom. The van der Waals surface area contributed by atoms with Crippen LogP contribution in [0.4, 0.5) is 5.69 Å². The molecule has 0 heterocycles. The van der Waals surface area contributed by atoms with Crippen LogP contribution in [0.25, 0.3) is 0 Å². The summed E-state index contributed by atoms with van der Waals surface area (Å²) in [5.41, 5.74) is 3.56. The summed E-state index contributed by atoms with van der Waals surface area (Å²) in [5.74, 6) is 1.57. The van der Waals surface area contributed by atoms with Crippen LogP contribution in [0.5, 0.6) is 11.5 Å². The number of anilines is 1. The van der Waals surface area contributed by atoms with Crippen molar-refractivity contribution in [3.63, 3.8) is 0 Å². The Hall–Kier alpha value is -2.16. The van der Waals surface area contributed by atoms with E-state index >= 15 is 0 Å². The van der Waals surface area contributed by atoms with Crippen LogP contribution in [0.15, 0.2) is 42.5 Å². The van der Waals surface area contributed by atoms with Crippen LogP contribution in [-0.2, 0) is 6.54 Å². The zero-order valence-electron chi connectivity index (χ0n) is 14.7. The molecule has 2 rings (SSSR count). The highest BCUT2D eigenvalue weighted by molar-refractivity contribution is 5.55. The minimum absolute atomic E-state index is 0.108. The second kappa shape index (κ2) is 7.91. The summed E-state index contributed by atoms with van der Waals surface area (Å²) in [6, 6.07) is 14.5. The Bertz CT molecular complexity index is 635. The lowest BCUT2D eigenvalue weighted by Crippen LogP contribution is -2.11. The van der Waals surface area contributed by atoms with Crippen molar-refractivity contribution < 1.29 is 9.47 Å². The molecule has 0 saturated heterocycles. The lowest BCUT2D eigenvalue weighted by Gasteiger charge is -2.18. The Morgan fingerprint density at radius 3 is 2.22 bits per heavy atom. The summed E-state index contributed by atoms with van der Waals surface area (Å²) >= 11 is 0. The number of benzene rings is 2. The topological polar surface area (TPSA) is 30.5 Å². The maximum Gasteiger partial charge on any atom is 0.163 e. The molecule has 0 aromatic heterocycles. The van der Waals surface area contributed by atoms with Gasteiger partial charge in [-0.15, -0.1) is 0 Å². The number of hydrogen-bond donors (Lipinski definition) is 1. The molecule has 1 N–H and O–H groups in total. The summed E-state index contributed by atoms with van der Waals surface area (Å²) < 4.78 is 11.7. The Morgan fingerprint density at radius 1 is 0.870 bits per heavy atom. The Labute approximate surface area is 139 Å². The van der Waals surface area contributed by atoms with Gasteiger partial charge in [0.2, 0.25) is 0 Å². The van der Waals surface area contributed by atoms with Gasteiger partial charge in [-0.05, 0) is 52.3 Å². The Balaban J connectivity index is 2.12. The maximum absolute atomic E-state index is 5.89. The van der Waals surface area contributed by atoms with Gasteiger partial charge in [0, 0.05) is 18.3 Å². The van der Waals surface area contributed by atoms with Crippen molar-refractivity contribution in [1.82, 2.24) is 0 Å². The monoisotopic (exact) mass is 313 g/mol. The molecule has 3 nitrogen and oxygen atoms in total. The molecule has 0 saturated carbocycles. The van der Waals surface area contributed by atoms with Crippen molar-refractivity contribution in [2.24, 2.45) is 0 Å². The number of hydrogen-bond acceptors (Lipinski definition) is 3. The zero-order chi connectivity index (χ0) is 16.8. The third-order valence-electron chi connectivity index (χ3n) is 3.25. The highest BCUT2D eigenvalue weighted by atomic mass is 16.5. The minimum Gasteiger partial charge on any atom is -0.487 e. The van der Waals surface area contributed by atoms with E-state index in [0.29, 0.717) is 0 Å². The van der Waals surface area contributed by atoms with Crippen molar-refractivity contribution in [2.45, 2.75) is 53.4 Å². The van der Waals surface area contributed by atoms with E-state index in [2.05, 4.69) is 36.5 Å². The van der Waals surface area contributed by atoms with Crippen LogP contribution in [0.3, 0.4) is 0 Å². The van der Waals surface area contributed by atoms with Gasteiger partial charge in [-0.1, -0.05) is 29.8 Å². The van der Waals surface area contributed by atoms with Crippen molar-refractivity contribution in [1.29, 1.82) is 0 Å². The molecule has 0 fully saturated rings. The maximum atomic E-state index is 5.89. The van der Waals surface area contributed by atoms with Gasteiger partial charge in [-0.3, -0.25) is 0 Å². The van der Waals surface area contributed by atoms with E-state index in [9.17, 15) is 0 Å². The van der Waals surface area contributed by atoms with Crippen molar-refractivity contribution in [2.75, 3.05) is 5.32 Å². The summed E-state index contributed by atoms with van der Waals surface area (Å²) in [5, 5.41) is 3.45. The molecule has 2 aromatic rings. The second-order valence-corrected chi connectivity index (χ2v) is 6.34. The summed E-state index contributed by atoms with van der Waals surface area (Å²) in [6.07, 6.45) is 0.229. The number of ether oxygens (including phenoxy) is 2. The second-order valence-electron chi connectivity index (χ2n) is 6.34. The molecule has 0 aliphatic rings. The molecule has 0 radical (unpaired) electrons. The van der Waals surface area contributed by atoms with E-state index in [1.807, 2.05) is 45.9 Å². The number of nitrogens with one attached hydrogen (secondary N) is 1. The van der Waals surface area contributed by atoms with Gasteiger partial charge in [0.25, 0.3) is 0 Å². The van der Waals surface area contributed by atoms with E-state index in [-0.39, 0.29) is 12.2 Å². The first-order valence-corrected chi connectivity index (χ1v) is 8.21. The molecular formula is C20H27NO2. The van der Waals surface area contributed by atoms with Gasteiger partial charge >= 0.3 is 0 Å². The average molecular weight is 313 g/mol. The van der Waals surface area contributed by atoms with Gasteiger partial charge in [0.05, 0.1) is 12.2 Å². The molecule has 23 heavy (non-hydrogen) atoms. The van der Waals surface area contributed by atoms with Crippen LogP contribution in [0, 0.1) is 6.92 Å². The average Bonchev–Trinajstić information content (AvgIpc) is 2.46. The normalized spacial score (nSPS) is 10.9. The standard InChI is InChI=1S/C20H27NO2/c1-14(2)22-19-10-9-18(12-20(19)23-15(3)4)21-13-17-8-6-7-16(5)11-17/h6-12,14-15,21H,13H2,1-5H3. The largest absolute Gasteiger partial charge is 0.487 e. The Kier molecular flexibility index (Phi) is 5.91. The third-order valence-corrected chi connectivity index (χ3v) is 3.25. The van der Waals surface area contributed by atoms with Crippen molar-refractivity contribution >= 4 is 5.69 Å². The first-order valence-electron chi connectivity index (χ1n) is 8.21. The number of aryl methyl sites for hydroxylation is 1. The molecule has 0 bridgehead atoms. The highest BCUT2D eigenvalue weighted by Gasteiger charge is 2.10. The van der Waals surface area contributed by atoms with Crippen molar-refractivity contribution in [3.8, 4) is 11.5 Å². The molecule has 2 aromatic carbocycles. The van der Waals surface area contributed by atoms with E-state index < -0.39 is 0 Å². The zero-order valence-corrected chi connectivity index (χ0v) is 14.7. The van der Waals surface area contributed by atoms with Crippen LogP contribution in [0.2, 0.25) is 0 Å². The predicted octanol–water partition coefficient (Wildman–Crippen LogP) is 5.18. The molecular weight excluding hydrogens is 286 g/mol. The summed E-state index contributed by atoms with van der Waals surface area (Å²) in [4.78, 5) is 0. The molecule has 124 valence electrons. The van der Waals surface area contributed by atoms with E-state index in [1.165, 1.54) is 11.1 Å². The first kappa shape index (κ1) is 17.2. The summed E-state index contributed by atoms with van der Waals surface area (Å²) in [6.45, 7) is 11.0. The van der Waals surface area contributed by atoms with Gasteiger partial charge in [-0.25, -0.2) is 0 Å². The fourth-order valence-electron chi connectivity index (χ4n) is 2.34. The molecule has 0 amide bonds. The SMILES string of the molecule is Cc1cccc(CNc2ccc(OC(C)C)c(OC(C)C)c2)c1. The van der Waals surface area contributed by atoms with Gasteiger partial charge in [0.1, 0.15) is 0 Å². The van der Waals surface area contributed by atoms with Crippen LogP contribution >= 0.6 is 0 Å². The van der Waals surface area contributed by atoms with E-state index in [4.69, 9.17) is 9.47 Å². The molecule has 0 atom stereocenters. The van der Waals surface area contributed by atoms with E-state index in [1.54, 1.807) is 0 Å². The minimum atomic E-state index is 0.108. The smallest absolute Gasteiger partial charge is 0.163 e. The molecule has 0 spiro atoms. The van der Waals surface area contributed by atoms with Crippen LogP contribution in [-0.4, -0.2) is 12.2 Å². The third kappa shape index (κ3) is 5.51. The van der Waals surface area contributed by atoms with Crippen LogP contribution < -0.4 is 14.8 Å². The molecule has 0 aliphatic carbocycles. The van der Waals surface area contributed by atoms with Crippen molar-refractivity contribution in [3.05, 3.63) is 53.6 Å².